The number of aromatic nitrogens is 5. The molecule has 30 heavy (non-hydrogen) atoms. The molecule has 0 spiro atoms. The van der Waals surface area contributed by atoms with Gasteiger partial charge in [-0.1, -0.05) is 0 Å². The van der Waals surface area contributed by atoms with Crippen LogP contribution in [0, 0.1) is 16.6 Å². The molecule has 0 amide bonds. The number of rotatable bonds is 4. The normalized spacial score (nSPS) is 12.2. The average Bonchev–Trinajstić information content (AvgIpc) is 3.24. The van der Waals surface area contributed by atoms with Gasteiger partial charge in [-0.25, -0.2) is 4.39 Å². The van der Waals surface area contributed by atoms with Crippen LogP contribution in [-0.2, 0) is 6.54 Å². The Hall–Kier alpha value is -3.88. The molecule has 0 bridgehead atoms. The third kappa shape index (κ3) is 3.24. The van der Waals surface area contributed by atoms with Crippen LogP contribution in [0.3, 0.4) is 0 Å². The summed E-state index contributed by atoms with van der Waals surface area (Å²) in [6, 6.07) is 5.57. The molecular weight excluding hydrogens is 385 g/mol. The first-order chi connectivity index (χ1) is 14.4. The van der Waals surface area contributed by atoms with Gasteiger partial charge in [-0.05, 0) is 38.1 Å². The molecule has 4 rings (SSSR count). The molecule has 0 aliphatic rings. The van der Waals surface area contributed by atoms with Crippen LogP contribution in [0.1, 0.15) is 19.9 Å². The molecule has 9 heteroatoms. The fourth-order valence-electron chi connectivity index (χ4n) is 3.32. The molecule has 8 nitrogen and oxygen atoms in total. The number of hydrogen-bond donors (Lipinski definition) is 2. The lowest BCUT2D eigenvalue weighted by Gasteiger charge is -2.19. The van der Waals surface area contributed by atoms with Gasteiger partial charge in [0.25, 0.3) is 5.56 Å². The summed E-state index contributed by atoms with van der Waals surface area (Å²) >= 11 is 0. The van der Waals surface area contributed by atoms with Gasteiger partial charge in [0.2, 0.25) is 0 Å². The summed E-state index contributed by atoms with van der Waals surface area (Å²) in [4.78, 5) is 17.0. The number of nitrogens with one attached hydrogen (secondary N) is 2. The van der Waals surface area contributed by atoms with Crippen molar-refractivity contribution in [1.82, 2.24) is 23.9 Å². The molecule has 4 heterocycles. The lowest BCUT2D eigenvalue weighted by molar-refractivity contribution is 0.582. The highest BCUT2D eigenvalue weighted by atomic mass is 19.1. The van der Waals surface area contributed by atoms with Crippen molar-refractivity contribution in [3.8, 4) is 11.1 Å². The monoisotopic (exact) mass is 405 g/mol. The van der Waals surface area contributed by atoms with Crippen molar-refractivity contribution in [2.75, 3.05) is 0 Å². The lowest BCUT2D eigenvalue weighted by atomic mass is 10.1. The second-order valence-corrected chi connectivity index (χ2v) is 6.91. The van der Waals surface area contributed by atoms with E-state index in [1.807, 2.05) is 6.92 Å². The quantitative estimate of drug-likeness (QED) is 0.403. The summed E-state index contributed by atoms with van der Waals surface area (Å²) in [5, 5.41) is 21.3. The fraction of sp³-hybridized carbons (Fsp3) is 0.190. The summed E-state index contributed by atoms with van der Waals surface area (Å²) in [6.45, 7) is 4.28. The van der Waals surface area contributed by atoms with E-state index in [2.05, 4.69) is 10.1 Å². The van der Waals surface area contributed by atoms with E-state index < -0.39 is 17.3 Å². The Bertz CT molecular complexity index is 1380. The Morgan fingerprint density at radius 1 is 1.27 bits per heavy atom. The number of nitrogens with zero attached hydrogens (tertiary/aromatic N) is 5. The molecule has 2 N–H and O–H groups in total. The van der Waals surface area contributed by atoms with Crippen LogP contribution in [0.5, 0.6) is 0 Å². The van der Waals surface area contributed by atoms with Crippen LogP contribution in [0.15, 0.2) is 60.0 Å². The van der Waals surface area contributed by atoms with E-state index in [1.165, 1.54) is 16.8 Å². The Morgan fingerprint density at radius 2 is 2.07 bits per heavy atom. The van der Waals surface area contributed by atoms with Gasteiger partial charge in [-0.2, -0.15) is 5.10 Å². The van der Waals surface area contributed by atoms with Gasteiger partial charge in [-0.15, -0.1) is 0 Å². The van der Waals surface area contributed by atoms with E-state index in [9.17, 15) is 9.18 Å². The molecule has 0 aliphatic carbocycles. The topological polar surface area (TPSA) is 105 Å². The van der Waals surface area contributed by atoms with Crippen LogP contribution in [-0.4, -0.2) is 29.7 Å². The van der Waals surface area contributed by atoms with Crippen molar-refractivity contribution in [1.29, 1.82) is 10.8 Å². The second kappa shape index (κ2) is 7.51. The minimum atomic E-state index is -0.760. The molecule has 0 saturated carbocycles. The molecule has 4 aromatic rings. The van der Waals surface area contributed by atoms with Crippen molar-refractivity contribution in [2.24, 2.45) is 0 Å². The van der Waals surface area contributed by atoms with E-state index in [4.69, 9.17) is 10.8 Å². The number of hydrogen-bond acceptors (Lipinski definition) is 5. The van der Waals surface area contributed by atoms with Gasteiger partial charge >= 0.3 is 0 Å². The molecule has 0 radical (unpaired) electrons. The molecule has 0 fully saturated rings. The predicted octanol–water partition coefficient (Wildman–Crippen LogP) is 2.79. The van der Waals surface area contributed by atoms with Crippen molar-refractivity contribution >= 4 is 16.7 Å². The fourth-order valence-corrected chi connectivity index (χ4v) is 3.32. The number of fused-ring (bicyclic) bond motifs is 1. The van der Waals surface area contributed by atoms with Crippen LogP contribution < -0.4 is 11.0 Å². The molecule has 152 valence electrons. The summed E-state index contributed by atoms with van der Waals surface area (Å²) in [6.07, 6.45) is 8.08. The van der Waals surface area contributed by atoms with Gasteiger partial charge in [0.1, 0.15) is 5.84 Å². The third-order valence-corrected chi connectivity index (χ3v) is 5.08. The highest BCUT2D eigenvalue weighted by molar-refractivity contribution is 5.86. The van der Waals surface area contributed by atoms with Crippen molar-refractivity contribution < 1.29 is 4.39 Å². The predicted molar refractivity (Wildman–Crippen MR) is 111 cm³/mol. The van der Waals surface area contributed by atoms with Gasteiger partial charge in [0.15, 0.2) is 11.3 Å². The minimum absolute atomic E-state index is 0.103. The van der Waals surface area contributed by atoms with Crippen molar-refractivity contribution in [3.63, 3.8) is 0 Å². The van der Waals surface area contributed by atoms with E-state index in [1.54, 1.807) is 54.6 Å². The SMILES string of the molecule is CCn1cc(-c2cc(F)c(=N)n(C(=N)[C@@H](C)n3ccc4ncccc4c3=O)c2)cn1. The van der Waals surface area contributed by atoms with Gasteiger partial charge < -0.3 is 4.57 Å². The molecule has 0 aliphatic heterocycles. The van der Waals surface area contributed by atoms with Gasteiger partial charge in [0.05, 0.1) is 23.1 Å². The molecule has 1 atom stereocenters. The summed E-state index contributed by atoms with van der Waals surface area (Å²) < 4.78 is 18.8. The zero-order chi connectivity index (χ0) is 21.4. The maximum atomic E-state index is 14.5. The number of aryl methyl sites for hydroxylation is 1. The molecular formula is C21H20FN7O. The zero-order valence-electron chi connectivity index (χ0n) is 16.5. The Kier molecular flexibility index (Phi) is 4.86. The summed E-state index contributed by atoms with van der Waals surface area (Å²) in [5.41, 5.74) is 0.987. The molecule has 0 saturated heterocycles. The van der Waals surface area contributed by atoms with E-state index in [0.29, 0.717) is 28.6 Å². The van der Waals surface area contributed by atoms with E-state index in [0.717, 1.165) is 4.57 Å². The van der Waals surface area contributed by atoms with Crippen molar-refractivity contribution in [3.05, 3.63) is 76.9 Å². The molecule has 0 unspecified atom stereocenters. The molecule has 0 aromatic carbocycles. The number of pyridine rings is 3. The average molecular weight is 405 g/mol. The van der Waals surface area contributed by atoms with E-state index in [-0.39, 0.29) is 11.4 Å². The Morgan fingerprint density at radius 3 is 2.80 bits per heavy atom. The maximum Gasteiger partial charge on any atom is 0.260 e. The molecule has 4 aromatic heterocycles. The van der Waals surface area contributed by atoms with Gasteiger partial charge in [-0.3, -0.25) is 29.8 Å². The van der Waals surface area contributed by atoms with Crippen molar-refractivity contribution in [2.45, 2.75) is 26.4 Å². The van der Waals surface area contributed by atoms with Gasteiger partial charge in [0, 0.05) is 42.5 Å². The van der Waals surface area contributed by atoms with E-state index >= 15 is 0 Å². The Labute approximate surface area is 170 Å². The highest BCUT2D eigenvalue weighted by Crippen LogP contribution is 2.19. The lowest BCUT2D eigenvalue weighted by Crippen LogP contribution is -2.36. The largest absolute Gasteiger partial charge is 0.305 e. The first kappa shape index (κ1) is 19.4. The smallest absolute Gasteiger partial charge is 0.260 e. The van der Waals surface area contributed by atoms with Crippen LogP contribution in [0.2, 0.25) is 0 Å². The highest BCUT2D eigenvalue weighted by Gasteiger charge is 2.18. The summed E-state index contributed by atoms with van der Waals surface area (Å²) in [7, 11) is 0. The number of halogens is 1. The standard InChI is InChI=1S/C21H20FN7O/c1-3-27-11-15(10-26-27)14-9-17(22)20(24)29(12-14)19(23)13(2)28-8-6-18-16(21(28)30)5-4-7-25-18/h4-13,23-24H,3H2,1-2H3/t13-/m1/s1. The summed E-state index contributed by atoms with van der Waals surface area (Å²) in [5.74, 6) is -0.863. The maximum absolute atomic E-state index is 14.5. The zero-order valence-corrected chi connectivity index (χ0v) is 16.5. The first-order valence-corrected chi connectivity index (χ1v) is 9.45. The third-order valence-electron chi connectivity index (χ3n) is 5.08. The minimum Gasteiger partial charge on any atom is -0.305 e. The van der Waals surface area contributed by atoms with Crippen LogP contribution >= 0.6 is 0 Å². The van der Waals surface area contributed by atoms with Crippen LogP contribution in [0.4, 0.5) is 4.39 Å². The van der Waals surface area contributed by atoms with Crippen LogP contribution in [0.25, 0.3) is 22.0 Å². The Balaban J connectivity index is 1.78. The second-order valence-electron chi connectivity index (χ2n) is 6.91. The first-order valence-electron chi connectivity index (χ1n) is 9.45.